The van der Waals surface area contributed by atoms with E-state index in [0.717, 1.165) is 31.7 Å². The predicted octanol–water partition coefficient (Wildman–Crippen LogP) is 2.40. The maximum atomic E-state index is 9.83. The lowest BCUT2D eigenvalue weighted by molar-refractivity contribution is 0.0899. The van der Waals surface area contributed by atoms with Gasteiger partial charge in [-0.3, -0.25) is 0 Å². The average molecular weight is 412 g/mol. The first kappa shape index (κ1) is 20.6. The Morgan fingerprint density at radius 3 is 2.59 bits per heavy atom. The van der Waals surface area contributed by atoms with Gasteiger partial charge in [0.05, 0.1) is 5.39 Å². The minimum Gasteiger partial charge on any atom is -0.474 e. The molecule has 2 aromatic heterocycles. The van der Waals surface area contributed by atoms with Crippen LogP contribution in [0.4, 0.5) is 0 Å². The molecule has 1 fully saturated rings. The highest BCUT2D eigenvalue weighted by molar-refractivity contribution is 6.76. The lowest BCUT2D eigenvalue weighted by Crippen LogP contribution is -2.30. The van der Waals surface area contributed by atoms with Crippen LogP contribution in [0.5, 0.6) is 5.88 Å². The van der Waals surface area contributed by atoms with Crippen molar-refractivity contribution in [2.45, 2.75) is 64.2 Å². The Balaban J connectivity index is 1.89. The summed E-state index contributed by atoms with van der Waals surface area (Å²) in [6.45, 7) is 7.78. The standard InChI is InChI=1S/C17H27BClN3O4Si/c1-27(2,3)9-8-25-11-22-10-13(18(23)24)14-15(22)20-17(19)21-16(14)26-12-6-4-5-7-12/h10,12,23-24H,4-9,11H2,1-3H3. The van der Waals surface area contributed by atoms with Gasteiger partial charge in [-0.15, -0.1) is 0 Å². The Morgan fingerprint density at radius 2 is 1.96 bits per heavy atom. The van der Waals surface area contributed by atoms with Gasteiger partial charge in [-0.05, 0) is 43.3 Å². The molecule has 0 radical (unpaired) electrons. The number of rotatable bonds is 8. The molecule has 2 N–H and O–H groups in total. The summed E-state index contributed by atoms with van der Waals surface area (Å²) >= 11 is 6.12. The monoisotopic (exact) mass is 411 g/mol. The summed E-state index contributed by atoms with van der Waals surface area (Å²) in [6.07, 6.45) is 5.85. The number of aromatic nitrogens is 3. The summed E-state index contributed by atoms with van der Waals surface area (Å²) in [6, 6.07) is 1.05. The lowest BCUT2D eigenvalue weighted by atomic mass is 9.80. The van der Waals surface area contributed by atoms with Crippen molar-refractivity contribution >= 4 is 43.3 Å². The molecule has 1 aliphatic rings. The van der Waals surface area contributed by atoms with Crippen LogP contribution in [0, 0.1) is 0 Å². The van der Waals surface area contributed by atoms with E-state index in [1.165, 1.54) is 0 Å². The molecule has 0 unspecified atom stereocenters. The minimum atomic E-state index is -1.66. The average Bonchev–Trinajstić information content (AvgIpc) is 3.18. The van der Waals surface area contributed by atoms with Gasteiger partial charge in [0.2, 0.25) is 11.2 Å². The zero-order valence-corrected chi connectivity index (χ0v) is 17.9. The van der Waals surface area contributed by atoms with E-state index in [1.807, 2.05) is 0 Å². The van der Waals surface area contributed by atoms with Crippen LogP contribution in [0.1, 0.15) is 25.7 Å². The highest BCUT2D eigenvalue weighted by Crippen LogP contribution is 2.29. The molecule has 1 saturated carbocycles. The van der Waals surface area contributed by atoms with E-state index < -0.39 is 15.2 Å². The van der Waals surface area contributed by atoms with E-state index >= 15 is 0 Å². The highest BCUT2D eigenvalue weighted by atomic mass is 35.5. The zero-order valence-electron chi connectivity index (χ0n) is 16.1. The normalized spacial score (nSPS) is 15.6. The quantitative estimate of drug-likeness (QED) is 0.394. The van der Waals surface area contributed by atoms with Crippen molar-refractivity contribution < 1.29 is 19.5 Å². The topological polar surface area (TPSA) is 89.6 Å². The maximum absolute atomic E-state index is 9.83. The fourth-order valence-electron chi connectivity index (χ4n) is 3.24. The first-order valence-corrected chi connectivity index (χ1v) is 13.5. The number of ether oxygens (including phenoxy) is 2. The van der Waals surface area contributed by atoms with E-state index in [0.29, 0.717) is 29.0 Å². The molecule has 148 valence electrons. The number of hydrogen-bond donors (Lipinski definition) is 2. The number of fused-ring (bicyclic) bond motifs is 1. The Hall–Kier alpha value is -1.13. The van der Waals surface area contributed by atoms with Crippen molar-refractivity contribution in [3.05, 3.63) is 11.5 Å². The van der Waals surface area contributed by atoms with Gasteiger partial charge in [0.25, 0.3) is 0 Å². The van der Waals surface area contributed by atoms with Crippen LogP contribution < -0.4 is 10.2 Å². The molecule has 10 heteroatoms. The van der Waals surface area contributed by atoms with Crippen molar-refractivity contribution in [2.75, 3.05) is 6.61 Å². The second-order valence-electron chi connectivity index (χ2n) is 8.30. The molecule has 3 rings (SSSR count). The van der Waals surface area contributed by atoms with Crippen LogP contribution in [-0.2, 0) is 11.5 Å². The van der Waals surface area contributed by atoms with Crippen molar-refractivity contribution in [3.63, 3.8) is 0 Å². The van der Waals surface area contributed by atoms with E-state index in [4.69, 9.17) is 21.1 Å². The van der Waals surface area contributed by atoms with Gasteiger partial charge in [-0.25, -0.2) is 0 Å². The van der Waals surface area contributed by atoms with Crippen LogP contribution in [0.25, 0.3) is 11.0 Å². The Kier molecular flexibility index (Phi) is 6.47. The molecular weight excluding hydrogens is 385 g/mol. The molecule has 0 spiro atoms. The molecule has 0 saturated heterocycles. The van der Waals surface area contributed by atoms with E-state index in [2.05, 4.69) is 29.6 Å². The van der Waals surface area contributed by atoms with Gasteiger partial charge >= 0.3 is 7.12 Å². The summed E-state index contributed by atoms with van der Waals surface area (Å²) in [7, 11) is -2.84. The fraction of sp³-hybridized carbons (Fsp3) is 0.647. The predicted molar refractivity (Wildman–Crippen MR) is 109 cm³/mol. The molecule has 2 aromatic rings. The molecule has 0 amide bonds. The van der Waals surface area contributed by atoms with Crippen LogP contribution in [0.3, 0.4) is 0 Å². The number of halogens is 1. The molecule has 0 atom stereocenters. The van der Waals surface area contributed by atoms with Crippen LogP contribution in [0.15, 0.2) is 6.20 Å². The van der Waals surface area contributed by atoms with Gasteiger partial charge in [-0.2, -0.15) is 9.97 Å². The van der Waals surface area contributed by atoms with E-state index in [-0.39, 0.29) is 18.1 Å². The third-order valence-corrected chi connectivity index (χ3v) is 6.64. The first-order valence-electron chi connectivity index (χ1n) is 9.41. The molecule has 7 nitrogen and oxygen atoms in total. The van der Waals surface area contributed by atoms with Crippen molar-refractivity contribution in [3.8, 4) is 5.88 Å². The Morgan fingerprint density at radius 1 is 1.26 bits per heavy atom. The van der Waals surface area contributed by atoms with Crippen LogP contribution >= 0.6 is 11.6 Å². The van der Waals surface area contributed by atoms with Crippen molar-refractivity contribution in [2.24, 2.45) is 0 Å². The van der Waals surface area contributed by atoms with Crippen LogP contribution in [0.2, 0.25) is 31.0 Å². The summed E-state index contributed by atoms with van der Waals surface area (Å²) in [4.78, 5) is 8.50. The highest BCUT2D eigenvalue weighted by Gasteiger charge is 2.27. The maximum Gasteiger partial charge on any atom is 0.490 e. The summed E-state index contributed by atoms with van der Waals surface area (Å²) < 4.78 is 13.6. The van der Waals surface area contributed by atoms with Gasteiger partial charge in [0.1, 0.15) is 18.5 Å². The summed E-state index contributed by atoms with van der Waals surface area (Å²) in [5, 5.41) is 20.2. The third-order valence-electron chi connectivity index (χ3n) is 4.77. The van der Waals surface area contributed by atoms with Gasteiger partial charge in [-0.1, -0.05) is 19.6 Å². The molecule has 27 heavy (non-hydrogen) atoms. The molecular formula is C17H27BClN3O4Si. The van der Waals surface area contributed by atoms with Gasteiger partial charge < -0.3 is 24.1 Å². The molecule has 0 bridgehead atoms. The van der Waals surface area contributed by atoms with E-state index in [1.54, 1.807) is 10.8 Å². The SMILES string of the molecule is C[Si](C)(C)CCOCn1cc(B(O)O)c2c(OC3CCCC3)nc(Cl)nc21. The van der Waals surface area contributed by atoms with E-state index in [9.17, 15) is 10.0 Å². The number of hydrogen-bond acceptors (Lipinski definition) is 6. The Labute approximate surface area is 165 Å². The lowest BCUT2D eigenvalue weighted by Gasteiger charge is -2.16. The molecule has 2 heterocycles. The largest absolute Gasteiger partial charge is 0.490 e. The van der Waals surface area contributed by atoms with Gasteiger partial charge in [0.15, 0.2) is 0 Å². The Bertz CT molecular complexity index is 791. The molecule has 1 aliphatic carbocycles. The first-order chi connectivity index (χ1) is 12.7. The fourth-order valence-corrected chi connectivity index (χ4v) is 4.16. The second-order valence-corrected chi connectivity index (χ2v) is 14.3. The molecule has 0 aromatic carbocycles. The minimum absolute atomic E-state index is 0.0657. The third kappa shape index (κ3) is 5.23. The van der Waals surface area contributed by atoms with Crippen LogP contribution in [-0.4, -0.2) is 52.5 Å². The van der Waals surface area contributed by atoms with Crippen molar-refractivity contribution in [1.29, 1.82) is 0 Å². The summed E-state index contributed by atoms with van der Waals surface area (Å²) in [5.74, 6) is 0.306. The van der Waals surface area contributed by atoms with Crippen molar-refractivity contribution in [1.82, 2.24) is 14.5 Å². The summed E-state index contributed by atoms with van der Waals surface area (Å²) in [5.41, 5.74) is 0.780. The second kappa shape index (κ2) is 8.48. The smallest absolute Gasteiger partial charge is 0.474 e. The number of nitrogens with zero attached hydrogens (tertiary/aromatic N) is 3. The van der Waals surface area contributed by atoms with Gasteiger partial charge in [0, 0.05) is 26.3 Å². The molecule has 0 aliphatic heterocycles. The zero-order chi connectivity index (χ0) is 19.6.